The zero-order chi connectivity index (χ0) is 13.1. The minimum absolute atomic E-state index is 0.383. The van der Waals surface area contributed by atoms with E-state index in [1.807, 2.05) is 6.92 Å². The summed E-state index contributed by atoms with van der Waals surface area (Å²) >= 11 is 0. The fourth-order valence-corrected chi connectivity index (χ4v) is 0.642. The second-order valence-corrected chi connectivity index (χ2v) is 3.14. The van der Waals surface area contributed by atoms with Crippen molar-refractivity contribution in [3.05, 3.63) is 24.8 Å². The summed E-state index contributed by atoms with van der Waals surface area (Å²) in [6, 6.07) is 0. The topological polar surface area (TPSA) is 72.6 Å². The Bertz CT molecular complexity index is 260. The first-order chi connectivity index (χ1) is 7.34. The van der Waals surface area contributed by atoms with E-state index >= 15 is 0 Å². The molecule has 0 rings (SSSR count). The molecule has 5 heteroatoms. The highest BCUT2D eigenvalue weighted by Gasteiger charge is 1.96. The molecule has 1 amide bonds. The van der Waals surface area contributed by atoms with Crippen LogP contribution in [0, 0.1) is 0 Å². The number of hydrogen-bond acceptors (Lipinski definition) is 4. The van der Waals surface area contributed by atoms with Gasteiger partial charge >= 0.3 is 5.97 Å². The quantitative estimate of drug-likeness (QED) is 0.563. The number of hydroxylamine groups is 2. The van der Waals surface area contributed by atoms with Crippen molar-refractivity contribution in [1.82, 2.24) is 5.06 Å². The Labute approximate surface area is 96.5 Å². The van der Waals surface area contributed by atoms with Crippen LogP contribution in [0.2, 0.25) is 0 Å². The van der Waals surface area contributed by atoms with Gasteiger partial charge in [0.25, 0.3) is 0 Å². The Morgan fingerprint density at radius 3 is 2.06 bits per heavy atom. The van der Waals surface area contributed by atoms with Gasteiger partial charge in [0.1, 0.15) is 0 Å². The van der Waals surface area contributed by atoms with Crippen molar-refractivity contribution in [2.24, 2.45) is 5.73 Å². The lowest BCUT2D eigenvalue weighted by atomic mass is 10.2. The lowest BCUT2D eigenvalue weighted by molar-refractivity contribution is -0.171. The van der Waals surface area contributed by atoms with Gasteiger partial charge in [-0.15, -0.1) is 5.06 Å². The first-order valence-electron chi connectivity index (χ1n) is 4.84. The molecular formula is C11H20N2O3. The van der Waals surface area contributed by atoms with E-state index in [9.17, 15) is 9.59 Å². The van der Waals surface area contributed by atoms with Crippen LogP contribution in [0.15, 0.2) is 24.8 Å². The first kappa shape index (κ1) is 16.8. The molecule has 0 aromatic heterocycles. The zero-order valence-corrected chi connectivity index (χ0v) is 10.2. The molecule has 0 saturated carbocycles. The first-order valence-corrected chi connectivity index (χ1v) is 4.84. The van der Waals surface area contributed by atoms with Crippen molar-refractivity contribution in [1.29, 1.82) is 0 Å². The highest BCUT2D eigenvalue weighted by Crippen LogP contribution is 1.98. The van der Waals surface area contributed by atoms with E-state index in [1.54, 1.807) is 14.1 Å². The summed E-state index contributed by atoms with van der Waals surface area (Å²) in [5.74, 6) is -0.818. The summed E-state index contributed by atoms with van der Waals surface area (Å²) in [7, 11) is 3.25. The molecule has 16 heavy (non-hydrogen) atoms. The predicted octanol–water partition coefficient (Wildman–Crippen LogP) is 1.02. The van der Waals surface area contributed by atoms with Gasteiger partial charge in [0.05, 0.1) is 0 Å². The molecule has 0 saturated heterocycles. The summed E-state index contributed by atoms with van der Waals surface area (Å²) in [6.07, 6.45) is 2.76. The average Bonchev–Trinajstić information content (AvgIpc) is 2.18. The third-order valence-electron chi connectivity index (χ3n) is 1.34. The van der Waals surface area contributed by atoms with E-state index in [4.69, 9.17) is 5.73 Å². The molecule has 0 aliphatic heterocycles. The van der Waals surface area contributed by atoms with E-state index in [0.717, 1.165) is 18.9 Å². The van der Waals surface area contributed by atoms with E-state index in [1.165, 1.54) is 5.06 Å². The maximum atomic E-state index is 10.2. The number of rotatable bonds is 5. The van der Waals surface area contributed by atoms with Crippen LogP contribution in [0.4, 0.5) is 0 Å². The third-order valence-corrected chi connectivity index (χ3v) is 1.34. The van der Waals surface area contributed by atoms with Gasteiger partial charge in [0.2, 0.25) is 5.91 Å². The van der Waals surface area contributed by atoms with Crippen molar-refractivity contribution in [2.75, 3.05) is 14.1 Å². The minimum atomic E-state index is -0.435. The fraction of sp³-hybridized carbons (Fsp3) is 0.455. The lowest BCUT2D eigenvalue weighted by Crippen LogP contribution is -2.16. The highest BCUT2D eigenvalue weighted by atomic mass is 16.7. The molecule has 0 unspecified atom stereocenters. The fourth-order valence-electron chi connectivity index (χ4n) is 0.642. The standard InChI is InChI=1S/C6H11NO.C5H9NO2/c1-3-4-5(2)6(7)8;1-4-5(7)8-6(2)3/h2-4H2,1H3,(H2,7,8);4H,1H2,2-3H3. The van der Waals surface area contributed by atoms with Crippen LogP contribution in [0.5, 0.6) is 0 Å². The number of nitrogens with two attached hydrogens (primary N) is 1. The van der Waals surface area contributed by atoms with Gasteiger partial charge in [0, 0.05) is 25.7 Å². The SMILES string of the molecule is C=C(CCC)C(N)=O.C=CC(=O)ON(C)C. The molecule has 0 aliphatic rings. The Morgan fingerprint density at radius 2 is 1.94 bits per heavy atom. The van der Waals surface area contributed by atoms with Crippen LogP contribution in [0.3, 0.4) is 0 Å². The molecule has 0 spiro atoms. The summed E-state index contributed by atoms with van der Waals surface area (Å²) in [6.45, 7) is 8.66. The number of amides is 1. The molecule has 0 bridgehead atoms. The normalized spacial score (nSPS) is 8.75. The molecule has 0 aromatic rings. The van der Waals surface area contributed by atoms with Crippen LogP contribution in [-0.4, -0.2) is 31.0 Å². The smallest absolute Gasteiger partial charge is 0.349 e. The summed E-state index contributed by atoms with van der Waals surface area (Å²) < 4.78 is 0. The molecule has 5 nitrogen and oxygen atoms in total. The van der Waals surface area contributed by atoms with Crippen LogP contribution in [0.1, 0.15) is 19.8 Å². The molecule has 0 aliphatic carbocycles. The molecular weight excluding hydrogens is 208 g/mol. The van der Waals surface area contributed by atoms with Crippen LogP contribution in [-0.2, 0) is 14.4 Å². The van der Waals surface area contributed by atoms with Gasteiger partial charge in [-0.1, -0.05) is 26.5 Å². The number of nitrogens with zero attached hydrogens (tertiary/aromatic N) is 1. The highest BCUT2D eigenvalue weighted by molar-refractivity contribution is 5.91. The zero-order valence-electron chi connectivity index (χ0n) is 10.2. The minimum Gasteiger partial charge on any atom is -0.366 e. The van der Waals surface area contributed by atoms with Crippen molar-refractivity contribution < 1.29 is 14.4 Å². The molecule has 0 fully saturated rings. The maximum absolute atomic E-state index is 10.2. The van der Waals surface area contributed by atoms with Gasteiger partial charge in [0.15, 0.2) is 0 Å². The number of primary amides is 1. The average molecular weight is 228 g/mol. The third kappa shape index (κ3) is 12.4. The second kappa shape index (κ2) is 9.92. The van der Waals surface area contributed by atoms with E-state index in [0.29, 0.717) is 5.57 Å². The van der Waals surface area contributed by atoms with Gasteiger partial charge in [-0.3, -0.25) is 4.79 Å². The van der Waals surface area contributed by atoms with Crippen LogP contribution in [0.25, 0.3) is 0 Å². The Balaban J connectivity index is 0. The maximum Gasteiger partial charge on any atom is 0.349 e. The monoisotopic (exact) mass is 228 g/mol. The van der Waals surface area contributed by atoms with E-state index in [2.05, 4.69) is 18.0 Å². The largest absolute Gasteiger partial charge is 0.366 e. The number of hydrogen-bond donors (Lipinski definition) is 1. The van der Waals surface area contributed by atoms with Crippen molar-refractivity contribution in [2.45, 2.75) is 19.8 Å². The predicted molar refractivity (Wildman–Crippen MR) is 63.2 cm³/mol. The molecule has 0 heterocycles. The molecule has 2 N–H and O–H groups in total. The van der Waals surface area contributed by atoms with Crippen molar-refractivity contribution >= 4 is 11.9 Å². The van der Waals surface area contributed by atoms with Gasteiger partial charge in [-0.25, -0.2) is 4.79 Å². The van der Waals surface area contributed by atoms with E-state index < -0.39 is 5.97 Å². The van der Waals surface area contributed by atoms with Crippen molar-refractivity contribution in [3.8, 4) is 0 Å². The van der Waals surface area contributed by atoms with Gasteiger partial charge in [-0.2, -0.15) is 0 Å². The molecule has 92 valence electrons. The van der Waals surface area contributed by atoms with Gasteiger partial charge < -0.3 is 10.6 Å². The van der Waals surface area contributed by atoms with Crippen LogP contribution < -0.4 is 5.73 Å². The number of carbonyl (C=O) groups excluding carboxylic acids is 2. The Kier molecular flexibility index (Phi) is 10.4. The molecule has 0 radical (unpaired) electrons. The van der Waals surface area contributed by atoms with Crippen LogP contribution >= 0.6 is 0 Å². The summed E-state index contributed by atoms with van der Waals surface area (Å²) in [5, 5.41) is 1.31. The van der Waals surface area contributed by atoms with Gasteiger partial charge in [-0.05, 0) is 6.42 Å². The molecule has 0 atom stereocenters. The van der Waals surface area contributed by atoms with E-state index in [-0.39, 0.29) is 5.91 Å². The van der Waals surface area contributed by atoms with Crippen molar-refractivity contribution in [3.63, 3.8) is 0 Å². The molecule has 0 aromatic carbocycles. The Morgan fingerprint density at radius 1 is 1.44 bits per heavy atom. The summed E-state index contributed by atoms with van der Waals surface area (Å²) in [4.78, 5) is 24.9. The summed E-state index contributed by atoms with van der Waals surface area (Å²) in [5.41, 5.74) is 5.40. The number of carbonyl (C=O) groups is 2. The lowest BCUT2D eigenvalue weighted by Gasteiger charge is -2.05. The Hall–Kier alpha value is -1.62. The second-order valence-electron chi connectivity index (χ2n) is 3.14.